The monoisotopic (exact) mass is 389 g/mol. The maximum absolute atomic E-state index is 14.0. The fraction of sp³-hybridized carbons (Fsp3) is 0.333. The molecule has 2 atom stereocenters. The zero-order chi connectivity index (χ0) is 20.3. The summed E-state index contributed by atoms with van der Waals surface area (Å²) in [5, 5.41) is 8.96. The quantitative estimate of drug-likeness (QED) is 0.749. The molecule has 0 radical (unpaired) electrons. The van der Waals surface area contributed by atoms with Crippen molar-refractivity contribution in [1.82, 2.24) is 4.90 Å². The van der Waals surface area contributed by atoms with Crippen LogP contribution in [0.5, 0.6) is 5.75 Å². The van der Waals surface area contributed by atoms with Gasteiger partial charge in [0.05, 0.1) is 13.5 Å². The second-order valence-corrected chi connectivity index (χ2v) is 6.84. The van der Waals surface area contributed by atoms with E-state index in [0.29, 0.717) is 12.2 Å². The first-order chi connectivity index (χ1) is 13.4. The van der Waals surface area contributed by atoms with Crippen molar-refractivity contribution in [1.29, 1.82) is 0 Å². The lowest BCUT2D eigenvalue weighted by atomic mass is 10.1. The number of nitrogens with zero attached hydrogens (tertiary/aromatic N) is 1. The van der Waals surface area contributed by atoms with Crippen molar-refractivity contribution in [3.63, 3.8) is 0 Å². The Morgan fingerprint density at radius 3 is 2.68 bits per heavy atom. The van der Waals surface area contributed by atoms with Gasteiger partial charge >= 0.3 is 5.97 Å². The first-order valence-electron chi connectivity index (χ1n) is 8.98. The highest BCUT2D eigenvalue weighted by molar-refractivity contribution is 5.83. The zero-order valence-electron chi connectivity index (χ0n) is 15.4. The van der Waals surface area contributed by atoms with E-state index in [9.17, 15) is 18.4 Å². The smallest absolute Gasteiger partial charge is 0.305 e. The van der Waals surface area contributed by atoms with Gasteiger partial charge in [0.2, 0.25) is 5.91 Å². The molecule has 0 aromatic heterocycles. The van der Waals surface area contributed by atoms with Crippen LogP contribution in [0.4, 0.5) is 8.78 Å². The fourth-order valence-electron chi connectivity index (χ4n) is 3.32. The van der Waals surface area contributed by atoms with E-state index in [0.717, 1.165) is 11.6 Å². The number of hydrogen-bond donors (Lipinski definition) is 1. The van der Waals surface area contributed by atoms with Gasteiger partial charge in [-0.15, -0.1) is 0 Å². The van der Waals surface area contributed by atoms with E-state index in [-0.39, 0.29) is 42.8 Å². The predicted molar refractivity (Wildman–Crippen MR) is 97.9 cm³/mol. The molecule has 0 saturated heterocycles. The molecule has 1 fully saturated rings. The predicted octanol–water partition coefficient (Wildman–Crippen LogP) is 3.58. The van der Waals surface area contributed by atoms with Crippen LogP contribution in [0.25, 0.3) is 0 Å². The third-order valence-electron chi connectivity index (χ3n) is 4.93. The molecule has 5 nitrogen and oxygen atoms in total. The molecule has 3 rings (SSSR count). The average Bonchev–Trinajstić information content (AvgIpc) is 3.48. The molecule has 0 bridgehead atoms. The highest BCUT2D eigenvalue weighted by Crippen LogP contribution is 2.49. The number of hydrogen-bond acceptors (Lipinski definition) is 3. The Morgan fingerprint density at radius 2 is 1.96 bits per heavy atom. The molecule has 0 heterocycles. The Balaban J connectivity index is 1.75. The topological polar surface area (TPSA) is 66.8 Å². The minimum absolute atomic E-state index is 0.00674. The average molecular weight is 389 g/mol. The van der Waals surface area contributed by atoms with Crippen molar-refractivity contribution in [2.24, 2.45) is 5.92 Å². The number of benzene rings is 2. The van der Waals surface area contributed by atoms with Gasteiger partial charge in [0.25, 0.3) is 0 Å². The van der Waals surface area contributed by atoms with E-state index in [1.165, 1.54) is 17.0 Å². The minimum atomic E-state index is -1.06. The number of amides is 1. The molecule has 1 amide bonds. The van der Waals surface area contributed by atoms with Crippen LogP contribution in [0.1, 0.15) is 29.9 Å². The minimum Gasteiger partial charge on any atom is -0.497 e. The number of ether oxygens (including phenoxy) is 1. The molecule has 0 aliphatic heterocycles. The zero-order valence-corrected chi connectivity index (χ0v) is 15.4. The first kappa shape index (κ1) is 19.8. The molecule has 0 spiro atoms. The summed E-state index contributed by atoms with van der Waals surface area (Å²) in [5.41, 5.74) is 0.991. The Hall–Kier alpha value is -2.96. The molecule has 1 N–H and O–H groups in total. The van der Waals surface area contributed by atoms with Gasteiger partial charge in [0.1, 0.15) is 5.75 Å². The molecule has 148 valence electrons. The fourth-order valence-corrected chi connectivity index (χ4v) is 3.32. The largest absolute Gasteiger partial charge is 0.497 e. The summed E-state index contributed by atoms with van der Waals surface area (Å²) < 4.78 is 32.7. The summed E-state index contributed by atoms with van der Waals surface area (Å²) in [5.74, 6) is -2.93. The van der Waals surface area contributed by atoms with Crippen LogP contribution < -0.4 is 4.74 Å². The number of carbonyl (C=O) groups is 2. The summed E-state index contributed by atoms with van der Waals surface area (Å²) in [6.45, 7) is -0.234. The SMILES string of the molecule is COc1cccc(C2CC2C(=O)N(CCC(=O)O)Cc2cccc(F)c2F)c1. The van der Waals surface area contributed by atoms with Gasteiger partial charge in [-0.2, -0.15) is 0 Å². The van der Waals surface area contributed by atoms with Crippen molar-refractivity contribution in [2.75, 3.05) is 13.7 Å². The van der Waals surface area contributed by atoms with Gasteiger partial charge in [-0.25, -0.2) is 8.78 Å². The summed E-state index contributed by atoms with van der Waals surface area (Å²) in [6, 6.07) is 11.2. The van der Waals surface area contributed by atoms with E-state index in [4.69, 9.17) is 9.84 Å². The van der Waals surface area contributed by atoms with Crippen molar-refractivity contribution < 1.29 is 28.2 Å². The van der Waals surface area contributed by atoms with E-state index in [2.05, 4.69) is 0 Å². The maximum Gasteiger partial charge on any atom is 0.305 e. The van der Waals surface area contributed by atoms with Crippen LogP contribution in [0.2, 0.25) is 0 Å². The van der Waals surface area contributed by atoms with Crippen LogP contribution in [0, 0.1) is 17.6 Å². The molecule has 1 saturated carbocycles. The number of aliphatic carboxylic acids is 1. The van der Waals surface area contributed by atoms with Crippen molar-refractivity contribution in [3.05, 3.63) is 65.2 Å². The molecule has 2 unspecified atom stereocenters. The third-order valence-corrected chi connectivity index (χ3v) is 4.93. The summed E-state index contributed by atoms with van der Waals surface area (Å²) >= 11 is 0. The molecule has 2 aromatic carbocycles. The molecule has 7 heteroatoms. The Bertz CT molecular complexity index is 886. The van der Waals surface area contributed by atoms with Gasteiger partial charge < -0.3 is 14.7 Å². The van der Waals surface area contributed by atoms with E-state index >= 15 is 0 Å². The number of carboxylic acids is 1. The van der Waals surface area contributed by atoms with Gasteiger partial charge in [-0.1, -0.05) is 24.3 Å². The molecule has 1 aliphatic carbocycles. The van der Waals surface area contributed by atoms with Crippen molar-refractivity contribution >= 4 is 11.9 Å². The highest BCUT2D eigenvalue weighted by Gasteiger charge is 2.46. The van der Waals surface area contributed by atoms with E-state index < -0.39 is 17.6 Å². The van der Waals surface area contributed by atoms with Gasteiger partial charge in [0, 0.05) is 24.6 Å². The van der Waals surface area contributed by atoms with E-state index in [1.54, 1.807) is 7.11 Å². The standard InChI is InChI=1S/C21H21F2NO4/c1-28-15-6-2-4-13(10-15)16-11-17(16)21(27)24(9-8-19(25)26)12-14-5-3-7-18(22)20(14)23/h2-7,10,16-17H,8-9,11-12H2,1H3,(H,25,26). The number of methoxy groups -OCH3 is 1. The van der Waals surface area contributed by atoms with Crippen LogP contribution >= 0.6 is 0 Å². The second-order valence-electron chi connectivity index (χ2n) is 6.84. The van der Waals surface area contributed by atoms with Crippen LogP contribution in [0.15, 0.2) is 42.5 Å². The normalized spacial score (nSPS) is 17.8. The molecular weight excluding hydrogens is 368 g/mol. The molecule has 28 heavy (non-hydrogen) atoms. The van der Waals surface area contributed by atoms with Crippen LogP contribution in [-0.2, 0) is 16.1 Å². The highest BCUT2D eigenvalue weighted by atomic mass is 19.2. The second kappa shape index (κ2) is 8.37. The Labute approximate surface area is 161 Å². The van der Waals surface area contributed by atoms with Crippen LogP contribution in [-0.4, -0.2) is 35.5 Å². The number of carboxylic acid groups (broad SMARTS) is 1. The summed E-state index contributed by atoms with van der Waals surface area (Å²) in [7, 11) is 1.57. The van der Waals surface area contributed by atoms with Crippen molar-refractivity contribution in [3.8, 4) is 5.75 Å². The number of carbonyl (C=O) groups excluding carboxylic acids is 1. The Morgan fingerprint density at radius 1 is 1.21 bits per heavy atom. The number of rotatable bonds is 8. The molecule has 1 aliphatic rings. The lowest BCUT2D eigenvalue weighted by Gasteiger charge is -2.23. The molecular formula is C21H21F2NO4. The first-order valence-corrected chi connectivity index (χ1v) is 8.98. The summed E-state index contributed by atoms with van der Waals surface area (Å²) in [6.07, 6.45) is 0.362. The van der Waals surface area contributed by atoms with Crippen molar-refractivity contribution in [2.45, 2.75) is 25.3 Å². The van der Waals surface area contributed by atoms with Gasteiger partial charge in [-0.05, 0) is 36.1 Å². The third kappa shape index (κ3) is 4.47. The summed E-state index contributed by atoms with van der Waals surface area (Å²) in [4.78, 5) is 25.2. The van der Waals surface area contributed by atoms with Crippen LogP contribution in [0.3, 0.4) is 0 Å². The Kier molecular flexibility index (Phi) is 5.92. The van der Waals surface area contributed by atoms with Gasteiger partial charge in [-0.3, -0.25) is 9.59 Å². The van der Waals surface area contributed by atoms with Gasteiger partial charge in [0.15, 0.2) is 11.6 Å². The maximum atomic E-state index is 14.0. The lowest BCUT2D eigenvalue weighted by molar-refractivity contribution is -0.139. The van der Waals surface area contributed by atoms with E-state index in [1.807, 2.05) is 24.3 Å². The number of halogens is 2. The lowest BCUT2D eigenvalue weighted by Crippen LogP contribution is -2.34. The molecule has 2 aromatic rings.